The Bertz CT molecular complexity index is 433. The fourth-order valence-electron chi connectivity index (χ4n) is 1.64. The molecule has 6 nitrogen and oxygen atoms in total. The molecule has 0 aromatic carbocycles. The Labute approximate surface area is 126 Å². The van der Waals surface area contributed by atoms with Crippen LogP contribution in [0.4, 0.5) is 0 Å². The van der Waals surface area contributed by atoms with E-state index >= 15 is 0 Å². The van der Waals surface area contributed by atoms with Crippen LogP contribution in [0.25, 0.3) is 0 Å². The largest absolute Gasteiger partial charge is 0.357 e. The quantitative estimate of drug-likeness (QED) is 0.494. The highest BCUT2D eigenvalue weighted by molar-refractivity contribution is 5.81. The number of carbonyl (C=O) groups is 1. The number of aliphatic imine (C=N–C) groups is 1. The van der Waals surface area contributed by atoms with Gasteiger partial charge in [-0.05, 0) is 25.5 Å². The minimum Gasteiger partial charge on any atom is -0.357 e. The number of amides is 1. The Morgan fingerprint density at radius 2 is 2.05 bits per heavy atom. The average Bonchev–Trinajstić information content (AvgIpc) is 2.51. The first-order chi connectivity index (χ1) is 10.3. The van der Waals surface area contributed by atoms with Crippen molar-refractivity contribution in [3.8, 4) is 0 Å². The van der Waals surface area contributed by atoms with E-state index in [1.165, 1.54) is 0 Å². The van der Waals surface area contributed by atoms with Gasteiger partial charge in [-0.1, -0.05) is 13.0 Å². The lowest BCUT2D eigenvalue weighted by atomic mass is 10.3. The molecular weight excluding hydrogens is 266 g/mol. The van der Waals surface area contributed by atoms with E-state index in [0.29, 0.717) is 25.5 Å². The fraction of sp³-hybridized carbons (Fsp3) is 0.533. The Balaban J connectivity index is 2.37. The lowest BCUT2D eigenvalue weighted by Crippen LogP contribution is -2.39. The van der Waals surface area contributed by atoms with E-state index in [1.807, 2.05) is 32.0 Å². The molecule has 0 fully saturated rings. The van der Waals surface area contributed by atoms with Crippen LogP contribution < -0.4 is 16.0 Å². The zero-order valence-electron chi connectivity index (χ0n) is 12.9. The van der Waals surface area contributed by atoms with E-state index in [0.717, 1.165) is 25.2 Å². The van der Waals surface area contributed by atoms with Crippen LogP contribution in [0.15, 0.2) is 29.4 Å². The molecule has 0 aliphatic carbocycles. The standard InChI is InChI=1S/C15H25N5O/c1-3-9-18-14(21)8-11-19-15(16-4-2)20-12-13-7-5-6-10-17-13/h5-7,10H,3-4,8-9,11-12H2,1-2H3,(H,18,21)(H2,16,19,20). The number of aromatic nitrogens is 1. The number of hydrogen-bond donors (Lipinski definition) is 3. The van der Waals surface area contributed by atoms with Crippen LogP contribution in [0.1, 0.15) is 32.4 Å². The second kappa shape index (κ2) is 10.7. The third kappa shape index (κ3) is 7.91. The monoisotopic (exact) mass is 291 g/mol. The van der Waals surface area contributed by atoms with E-state index in [1.54, 1.807) is 6.20 Å². The highest BCUT2D eigenvalue weighted by atomic mass is 16.1. The molecule has 0 aliphatic rings. The summed E-state index contributed by atoms with van der Waals surface area (Å²) < 4.78 is 0. The summed E-state index contributed by atoms with van der Waals surface area (Å²) >= 11 is 0. The molecule has 6 heteroatoms. The molecule has 21 heavy (non-hydrogen) atoms. The van der Waals surface area contributed by atoms with Crippen LogP contribution in [0.5, 0.6) is 0 Å². The van der Waals surface area contributed by atoms with Gasteiger partial charge in [-0.25, -0.2) is 4.99 Å². The van der Waals surface area contributed by atoms with Crippen molar-refractivity contribution in [2.75, 3.05) is 19.6 Å². The smallest absolute Gasteiger partial charge is 0.221 e. The number of nitrogens with zero attached hydrogens (tertiary/aromatic N) is 2. The van der Waals surface area contributed by atoms with Crippen molar-refractivity contribution < 1.29 is 4.79 Å². The second-order valence-electron chi connectivity index (χ2n) is 4.54. The van der Waals surface area contributed by atoms with E-state index in [2.05, 4.69) is 25.9 Å². The molecule has 0 atom stereocenters. The van der Waals surface area contributed by atoms with E-state index in [-0.39, 0.29) is 5.91 Å². The molecule has 1 aromatic rings. The van der Waals surface area contributed by atoms with Gasteiger partial charge in [0.25, 0.3) is 0 Å². The third-order valence-corrected chi connectivity index (χ3v) is 2.69. The van der Waals surface area contributed by atoms with Crippen LogP contribution >= 0.6 is 0 Å². The predicted molar refractivity (Wildman–Crippen MR) is 85.0 cm³/mol. The van der Waals surface area contributed by atoms with Crippen LogP contribution in [0.2, 0.25) is 0 Å². The van der Waals surface area contributed by atoms with E-state index < -0.39 is 0 Å². The molecule has 1 heterocycles. The fourth-order valence-corrected chi connectivity index (χ4v) is 1.64. The number of pyridine rings is 1. The lowest BCUT2D eigenvalue weighted by molar-refractivity contribution is -0.120. The number of guanidine groups is 1. The van der Waals surface area contributed by atoms with Gasteiger partial charge < -0.3 is 16.0 Å². The van der Waals surface area contributed by atoms with Crippen molar-refractivity contribution in [2.24, 2.45) is 4.99 Å². The van der Waals surface area contributed by atoms with Gasteiger partial charge in [0, 0.05) is 32.3 Å². The Morgan fingerprint density at radius 3 is 2.71 bits per heavy atom. The van der Waals surface area contributed by atoms with Gasteiger partial charge in [-0.2, -0.15) is 0 Å². The Morgan fingerprint density at radius 1 is 1.19 bits per heavy atom. The number of hydrogen-bond acceptors (Lipinski definition) is 3. The van der Waals surface area contributed by atoms with Crippen LogP contribution in [0.3, 0.4) is 0 Å². The molecule has 0 bridgehead atoms. The van der Waals surface area contributed by atoms with Crippen LogP contribution in [0, 0.1) is 0 Å². The molecule has 116 valence electrons. The van der Waals surface area contributed by atoms with Crippen molar-refractivity contribution in [2.45, 2.75) is 33.2 Å². The molecule has 1 amide bonds. The molecule has 0 saturated heterocycles. The van der Waals surface area contributed by atoms with E-state index in [9.17, 15) is 4.79 Å². The molecule has 3 N–H and O–H groups in total. The third-order valence-electron chi connectivity index (χ3n) is 2.69. The van der Waals surface area contributed by atoms with Gasteiger partial charge in [0.2, 0.25) is 5.91 Å². The molecule has 1 aromatic heterocycles. The SMILES string of the molecule is CCCNC(=O)CCNC(=NCc1ccccn1)NCC. The number of carbonyl (C=O) groups excluding carboxylic acids is 1. The predicted octanol–water partition coefficient (Wildman–Crippen LogP) is 1.05. The maximum atomic E-state index is 11.5. The topological polar surface area (TPSA) is 78.4 Å². The van der Waals surface area contributed by atoms with Gasteiger partial charge in [0.15, 0.2) is 5.96 Å². The highest BCUT2D eigenvalue weighted by Crippen LogP contribution is 1.95. The first-order valence-electron chi connectivity index (χ1n) is 7.45. The van der Waals surface area contributed by atoms with Crippen molar-refractivity contribution >= 4 is 11.9 Å². The van der Waals surface area contributed by atoms with Gasteiger partial charge in [-0.3, -0.25) is 9.78 Å². The molecule has 0 unspecified atom stereocenters. The first kappa shape index (κ1) is 16.9. The molecule has 0 spiro atoms. The Hall–Kier alpha value is -2.11. The molecule has 1 rings (SSSR count). The Kier molecular flexibility index (Phi) is 8.59. The summed E-state index contributed by atoms with van der Waals surface area (Å²) in [7, 11) is 0. The molecule has 0 aliphatic heterocycles. The number of rotatable bonds is 8. The molecule has 0 saturated carbocycles. The summed E-state index contributed by atoms with van der Waals surface area (Å²) in [6.45, 7) is 6.61. The van der Waals surface area contributed by atoms with Gasteiger partial charge >= 0.3 is 0 Å². The number of nitrogens with one attached hydrogen (secondary N) is 3. The zero-order valence-corrected chi connectivity index (χ0v) is 12.9. The van der Waals surface area contributed by atoms with Crippen molar-refractivity contribution in [3.05, 3.63) is 30.1 Å². The first-order valence-corrected chi connectivity index (χ1v) is 7.45. The minimum atomic E-state index is 0.0601. The van der Waals surface area contributed by atoms with Gasteiger partial charge in [0.1, 0.15) is 0 Å². The van der Waals surface area contributed by atoms with Crippen LogP contribution in [-0.4, -0.2) is 36.5 Å². The summed E-state index contributed by atoms with van der Waals surface area (Å²) in [4.78, 5) is 20.2. The van der Waals surface area contributed by atoms with E-state index in [4.69, 9.17) is 0 Å². The van der Waals surface area contributed by atoms with Gasteiger partial charge in [0.05, 0.1) is 12.2 Å². The summed E-state index contributed by atoms with van der Waals surface area (Å²) in [6, 6.07) is 5.76. The van der Waals surface area contributed by atoms with Gasteiger partial charge in [-0.15, -0.1) is 0 Å². The van der Waals surface area contributed by atoms with Crippen molar-refractivity contribution in [1.29, 1.82) is 0 Å². The maximum absolute atomic E-state index is 11.5. The zero-order chi connectivity index (χ0) is 15.3. The summed E-state index contributed by atoms with van der Waals surface area (Å²) in [6.07, 6.45) is 3.14. The minimum absolute atomic E-state index is 0.0601. The maximum Gasteiger partial charge on any atom is 0.221 e. The summed E-state index contributed by atoms with van der Waals surface area (Å²) in [5.74, 6) is 0.761. The van der Waals surface area contributed by atoms with Crippen molar-refractivity contribution in [1.82, 2.24) is 20.9 Å². The molecular formula is C15H25N5O. The lowest BCUT2D eigenvalue weighted by Gasteiger charge is -2.11. The average molecular weight is 291 g/mol. The summed E-state index contributed by atoms with van der Waals surface area (Å²) in [5, 5.41) is 9.14. The normalized spacial score (nSPS) is 11.0. The van der Waals surface area contributed by atoms with Crippen molar-refractivity contribution in [3.63, 3.8) is 0 Å². The molecule has 0 radical (unpaired) electrons. The summed E-state index contributed by atoms with van der Waals surface area (Å²) in [5.41, 5.74) is 0.912. The van der Waals surface area contributed by atoms with Crippen LogP contribution in [-0.2, 0) is 11.3 Å². The highest BCUT2D eigenvalue weighted by Gasteiger charge is 2.02. The second-order valence-corrected chi connectivity index (χ2v) is 4.54.